The molecule has 7 heteroatoms. The van der Waals surface area contributed by atoms with Crippen LogP contribution < -0.4 is 10.9 Å². The molecule has 17 heavy (non-hydrogen) atoms. The zero-order chi connectivity index (χ0) is 12.3. The molecule has 7 nitrogen and oxygen atoms in total. The first kappa shape index (κ1) is 11.3. The van der Waals surface area contributed by atoms with Crippen molar-refractivity contribution < 1.29 is 0 Å². The van der Waals surface area contributed by atoms with Crippen molar-refractivity contribution in [1.29, 1.82) is 0 Å². The molecule has 0 saturated heterocycles. The molecule has 0 aliphatic heterocycles. The third-order valence-electron chi connectivity index (χ3n) is 2.33. The second kappa shape index (κ2) is 4.77. The smallest absolute Gasteiger partial charge is 0.293 e. The van der Waals surface area contributed by atoms with Crippen molar-refractivity contribution in [1.82, 2.24) is 24.3 Å². The fraction of sp³-hybridized carbons (Fsp3) is 0.400. The minimum atomic E-state index is -0.141. The van der Waals surface area contributed by atoms with Crippen molar-refractivity contribution in [3.05, 3.63) is 35.4 Å². The Bertz CT molecular complexity index is 532. The van der Waals surface area contributed by atoms with Crippen LogP contribution in [0.2, 0.25) is 0 Å². The highest BCUT2D eigenvalue weighted by Gasteiger charge is 2.08. The zero-order valence-corrected chi connectivity index (χ0v) is 9.74. The molecule has 0 bridgehead atoms. The van der Waals surface area contributed by atoms with Crippen LogP contribution >= 0.6 is 0 Å². The first-order valence-electron chi connectivity index (χ1n) is 5.27. The van der Waals surface area contributed by atoms with Crippen LogP contribution in [0.5, 0.6) is 0 Å². The molecule has 0 unspecified atom stereocenters. The molecule has 2 aromatic rings. The molecule has 1 N–H and O–H groups in total. The molecule has 0 radical (unpaired) electrons. The summed E-state index contributed by atoms with van der Waals surface area (Å²) >= 11 is 0. The summed E-state index contributed by atoms with van der Waals surface area (Å²) in [7, 11) is 1.69. The van der Waals surface area contributed by atoms with Gasteiger partial charge in [-0.2, -0.15) is 5.10 Å². The number of hydrogen-bond donors (Lipinski definition) is 1. The molecule has 0 saturated carbocycles. The lowest BCUT2D eigenvalue weighted by atomic mass is 10.3. The summed E-state index contributed by atoms with van der Waals surface area (Å²) < 4.78 is 3.18. The third kappa shape index (κ3) is 2.68. The van der Waals surface area contributed by atoms with Crippen LogP contribution in [0.15, 0.2) is 29.8 Å². The van der Waals surface area contributed by atoms with Crippen LogP contribution in [-0.4, -0.2) is 30.4 Å². The molecule has 0 amide bonds. The van der Waals surface area contributed by atoms with Crippen LogP contribution in [-0.2, 0) is 13.6 Å². The average Bonchev–Trinajstić information content (AvgIpc) is 2.77. The molecule has 2 rings (SSSR count). The highest BCUT2D eigenvalue weighted by atomic mass is 16.1. The Morgan fingerprint density at radius 1 is 1.53 bits per heavy atom. The van der Waals surface area contributed by atoms with E-state index in [4.69, 9.17) is 0 Å². The molecule has 0 aliphatic rings. The lowest BCUT2D eigenvalue weighted by Gasteiger charge is -2.13. The van der Waals surface area contributed by atoms with E-state index in [1.807, 2.05) is 6.92 Å². The normalized spacial score (nSPS) is 12.4. The summed E-state index contributed by atoms with van der Waals surface area (Å²) in [5.74, 6) is 0.350. The number of nitrogens with zero attached hydrogens (tertiary/aromatic N) is 5. The number of hydrogen-bond acceptors (Lipinski definition) is 5. The summed E-state index contributed by atoms with van der Waals surface area (Å²) in [5, 5.41) is 7.06. The van der Waals surface area contributed by atoms with Gasteiger partial charge in [0.15, 0.2) is 5.82 Å². The van der Waals surface area contributed by atoms with Crippen molar-refractivity contribution in [3.8, 4) is 0 Å². The molecule has 0 fully saturated rings. The molecule has 0 aromatic carbocycles. The molecular weight excluding hydrogens is 220 g/mol. The molecule has 2 heterocycles. The van der Waals surface area contributed by atoms with Crippen LogP contribution in [0, 0.1) is 0 Å². The Morgan fingerprint density at radius 2 is 2.35 bits per heavy atom. The zero-order valence-electron chi connectivity index (χ0n) is 9.74. The topological polar surface area (TPSA) is 77.6 Å². The fourth-order valence-electron chi connectivity index (χ4n) is 1.48. The molecule has 2 aromatic heterocycles. The van der Waals surface area contributed by atoms with Crippen molar-refractivity contribution in [3.63, 3.8) is 0 Å². The van der Waals surface area contributed by atoms with E-state index in [0.717, 1.165) is 0 Å². The molecule has 1 atom stereocenters. The van der Waals surface area contributed by atoms with Crippen molar-refractivity contribution in [2.45, 2.75) is 19.5 Å². The van der Waals surface area contributed by atoms with Gasteiger partial charge in [0.1, 0.15) is 12.7 Å². The van der Waals surface area contributed by atoms with E-state index in [-0.39, 0.29) is 11.6 Å². The van der Waals surface area contributed by atoms with Crippen molar-refractivity contribution >= 4 is 5.82 Å². The maximum atomic E-state index is 11.7. The van der Waals surface area contributed by atoms with Crippen LogP contribution in [0.1, 0.15) is 6.92 Å². The van der Waals surface area contributed by atoms with Gasteiger partial charge in [-0.15, -0.1) is 0 Å². The second-order valence-corrected chi connectivity index (χ2v) is 3.85. The molecule has 0 spiro atoms. The third-order valence-corrected chi connectivity index (χ3v) is 2.33. The predicted molar refractivity (Wildman–Crippen MR) is 62.6 cm³/mol. The summed E-state index contributed by atoms with van der Waals surface area (Å²) in [4.78, 5) is 19.6. The van der Waals surface area contributed by atoms with Gasteiger partial charge >= 0.3 is 0 Å². The number of anilines is 1. The second-order valence-electron chi connectivity index (χ2n) is 3.85. The maximum absolute atomic E-state index is 11.7. The predicted octanol–water partition coefficient (Wildman–Crippen LogP) is -0.128. The Balaban J connectivity index is 2.05. The summed E-state index contributed by atoms with van der Waals surface area (Å²) in [6.07, 6.45) is 6.32. The quantitative estimate of drug-likeness (QED) is 0.797. The van der Waals surface area contributed by atoms with Crippen molar-refractivity contribution in [2.75, 3.05) is 5.32 Å². The highest BCUT2D eigenvalue weighted by molar-refractivity contribution is 5.31. The molecular formula is C10H14N6O. The lowest BCUT2D eigenvalue weighted by Crippen LogP contribution is -2.29. The van der Waals surface area contributed by atoms with E-state index in [1.165, 1.54) is 10.9 Å². The Kier molecular flexibility index (Phi) is 3.17. The van der Waals surface area contributed by atoms with Crippen LogP contribution in [0.25, 0.3) is 0 Å². The fourth-order valence-corrected chi connectivity index (χ4v) is 1.48. The minimum Gasteiger partial charge on any atom is -0.361 e. The van der Waals surface area contributed by atoms with E-state index < -0.39 is 0 Å². The number of nitrogens with one attached hydrogen (secondary N) is 1. The van der Waals surface area contributed by atoms with Gasteiger partial charge in [-0.25, -0.2) is 9.97 Å². The van der Waals surface area contributed by atoms with E-state index in [1.54, 1.807) is 30.5 Å². The molecule has 90 valence electrons. The Morgan fingerprint density at radius 3 is 3.06 bits per heavy atom. The van der Waals surface area contributed by atoms with Gasteiger partial charge in [0.2, 0.25) is 0 Å². The Hall–Kier alpha value is -2.18. The standard InChI is InChI=1S/C10H14N6O/c1-8(5-16-7-11-6-13-16)14-9-10(17)15(2)4-3-12-9/h3-4,6-8H,5H2,1-2H3,(H,12,14)/t8-/m0/s1. The van der Waals surface area contributed by atoms with Gasteiger partial charge in [-0.05, 0) is 6.92 Å². The van der Waals surface area contributed by atoms with Gasteiger partial charge < -0.3 is 9.88 Å². The number of aromatic nitrogens is 5. The summed E-state index contributed by atoms with van der Waals surface area (Å²) in [5.41, 5.74) is -0.141. The molecule has 0 aliphatic carbocycles. The van der Waals surface area contributed by atoms with Gasteiger partial charge in [-0.1, -0.05) is 0 Å². The van der Waals surface area contributed by atoms with Gasteiger partial charge in [0.05, 0.1) is 6.54 Å². The monoisotopic (exact) mass is 234 g/mol. The lowest BCUT2D eigenvalue weighted by molar-refractivity contribution is 0.557. The largest absolute Gasteiger partial charge is 0.361 e. The minimum absolute atomic E-state index is 0.0410. The van der Waals surface area contributed by atoms with E-state index >= 15 is 0 Å². The van der Waals surface area contributed by atoms with E-state index in [2.05, 4.69) is 20.4 Å². The Labute approximate surface area is 98.1 Å². The average molecular weight is 234 g/mol. The van der Waals surface area contributed by atoms with Gasteiger partial charge in [0, 0.05) is 25.5 Å². The number of rotatable bonds is 4. The first-order valence-corrected chi connectivity index (χ1v) is 5.27. The maximum Gasteiger partial charge on any atom is 0.293 e. The van der Waals surface area contributed by atoms with Gasteiger partial charge in [0.25, 0.3) is 5.56 Å². The highest BCUT2D eigenvalue weighted by Crippen LogP contribution is 1.98. The summed E-state index contributed by atoms with van der Waals surface area (Å²) in [6.45, 7) is 2.58. The van der Waals surface area contributed by atoms with Crippen LogP contribution in [0.4, 0.5) is 5.82 Å². The van der Waals surface area contributed by atoms with Gasteiger partial charge in [-0.3, -0.25) is 9.48 Å². The van der Waals surface area contributed by atoms with E-state index in [9.17, 15) is 4.79 Å². The SMILES string of the molecule is C[C@@H](Cn1cncn1)Nc1nccn(C)c1=O. The number of aryl methyl sites for hydroxylation is 1. The summed E-state index contributed by atoms with van der Waals surface area (Å²) in [6, 6.07) is 0.0410. The van der Waals surface area contributed by atoms with Crippen LogP contribution in [0.3, 0.4) is 0 Å². The first-order chi connectivity index (χ1) is 8.16. The van der Waals surface area contributed by atoms with Crippen molar-refractivity contribution in [2.24, 2.45) is 7.05 Å². The van der Waals surface area contributed by atoms with E-state index in [0.29, 0.717) is 12.4 Å².